The Morgan fingerprint density at radius 2 is 2.04 bits per heavy atom. The van der Waals surface area contributed by atoms with E-state index in [0.29, 0.717) is 12.4 Å². The molecule has 1 fully saturated rings. The number of hydrogen-bond acceptors (Lipinski definition) is 4. The molecule has 2 aliphatic rings. The Kier molecular flexibility index (Phi) is 3.20. The summed E-state index contributed by atoms with van der Waals surface area (Å²) < 4.78 is 5.20. The van der Waals surface area contributed by atoms with Crippen LogP contribution in [0.3, 0.4) is 0 Å². The molecule has 1 atom stereocenters. The molecule has 2 heterocycles. The number of benzene rings is 1. The molecule has 2 aromatic rings. The van der Waals surface area contributed by atoms with Crippen molar-refractivity contribution >= 4 is 17.3 Å². The number of fused-ring (bicyclic) bond motifs is 1. The number of aromatic amines is 1. The highest BCUT2D eigenvalue weighted by Crippen LogP contribution is 2.53. The third-order valence-electron chi connectivity index (χ3n) is 4.94. The van der Waals surface area contributed by atoms with Gasteiger partial charge in [-0.3, -0.25) is 0 Å². The fourth-order valence-corrected chi connectivity index (χ4v) is 3.26. The highest BCUT2D eigenvalue weighted by atomic mass is 16.5. The maximum absolute atomic E-state index is 6.20. The van der Waals surface area contributed by atoms with Crippen molar-refractivity contribution < 1.29 is 4.74 Å². The van der Waals surface area contributed by atoms with Crippen molar-refractivity contribution in [3.05, 3.63) is 47.7 Å². The van der Waals surface area contributed by atoms with E-state index in [-0.39, 0.29) is 11.6 Å². The summed E-state index contributed by atoms with van der Waals surface area (Å²) in [6.45, 7) is 2.91. The molecule has 5 heteroatoms. The second kappa shape index (κ2) is 5.13. The van der Waals surface area contributed by atoms with E-state index in [4.69, 9.17) is 15.5 Å². The van der Waals surface area contributed by atoms with Crippen molar-refractivity contribution in [3.8, 4) is 0 Å². The minimum Gasteiger partial charge on any atom is -0.383 e. The van der Waals surface area contributed by atoms with Crippen LogP contribution in [-0.2, 0) is 11.3 Å². The first-order chi connectivity index (χ1) is 11.1. The minimum absolute atomic E-state index is 0.0434. The van der Waals surface area contributed by atoms with E-state index in [0.717, 1.165) is 22.6 Å². The summed E-state index contributed by atoms with van der Waals surface area (Å²) in [5.74, 6) is 1.67. The minimum atomic E-state index is 0.0434. The predicted octanol–water partition coefficient (Wildman–Crippen LogP) is 3.14. The summed E-state index contributed by atoms with van der Waals surface area (Å²) in [5.41, 5.74) is 9.66. The van der Waals surface area contributed by atoms with E-state index in [2.05, 4.69) is 41.1 Å². The maximum atomic E-state index is 6.20. The third kappa shape index (κ3) is 2.32. The van der Waals surface area contributed by atoms with Gasteiger partial charge in [-0.15, -0.1) is 0 Å². The van der Waals surface area contributed by atoms with Crippen molar-refractivity contribution in [3.63, 3.8) is 0 Å². The Morgan fingerprint density at radius 3 is 2.70 bits per heavy atom. The Bertz CT molecular complexity index is 743. The van der Waals surface area contributed by atoms with E-state index >= 15 is 0 Å². The number of aliphatic imine (C=N–C) groups is 1. The monoisotopic (exact) mass is 310 g/mol. The number of rotatable bonds is 4. The number of nitrogens with two attached hydrogens (primary N) is 1. The van der Waals surface area contributed by atoms with Crippen molar-refractivity contribution in [2.75, 3.05) is 12.0 Å². The topological polar surface area (TPSA) is 66.6 Å². The SMILES string of the molecule is COCc1ccc(N2c3[nH]ccc3C(N)=NC2C2(C)CC2)cc1. The van der Waals surface area contributed by atoms with Gasteiger partial charge >= 0.3 is 0 Å². The molecule has 4 rings (SSSR count). The van der Waals surface area contributed by atoms with E-state index in [1.54, 1.807) is 7.11 Å². The van der Waals surface area contributed by atoms with Gasteiger partial charge in [0.1, 0.15) is 17.8 Å². The van der Waals surface area contributed by atoms with Crippen LogP contribution in [0.15, 0.2) is 41.5 Å². The fourth-order valence-electron chi connectivity index (χ4n) is 3.26. The summed E-state index contributed by atoms with van der Waals surface area (Å²) in [5, 5.41) is 0. The number of H-pyrrole nitrogens is 1. The number of methoxy groups -OCH3 is 1. The molecule has 1 unspecified atom stereocenters. The predicted molar refractivity (Wildman–Crippen MR) is 91.9 cm³/mol. The summed E-state index contributed by atoms with van der Waals surface area (Å²) in [7, 11) is 1.71. The number of amidine groups is 1. The van der Waals surface area contributed by atoms with E-state index in [1.807, 2.05) is 12.3 Å². The standard InChI is InChI=1S/C18H22N4O/c1-18(8-9-18)17-21-15(19)14-7-10-20-16(14)22(17)13-5-3-12(4-6-13)11-23-2/h3-7,10,17,20H,8-9,11H2,1-2H3,(H2,19,21). The lowest BCUT2D eigenvalue weighted by atomic mass is 10.0. The van der Waals surface area contributed by atoms with E-state index in [9.17, 15) is 0 Å². The molecule has 23 heavy (non-hydrogen) atoms. The molecule has 0 bridgehead atoms. The van der Waals surface area contributed by atoms with Gasteiger partial charge in [-0.1, -0.05) is 19.1 Å². The Morgan fingerprint density at radius 1 is 1.30 bits per heavy atom. The number of hydrogen-bond donors (Lipinski definition) is 2. The van der Waals surface area contributed by atoms with Crippen molar-refractivity contribution in [2.45, 2.75) is 32.5 Å². The zero-order chi connectivity index (χ0) is 16.0. The van der Waals surface area contributed by atoms with Crippen LogP contribution < -0.4 is 10.6 Å². The van der Waals surface area contributed by atoms with Crippen LogP contribution in [0.4, 0.5) is 11.5 Å². The maximum Gasteiger partial charge on any atom is 0.134 e. The molecule has 1 aliphatic carbocycles. The second-order valence-corrected chi connectivity index (χ2v) is 6.75. The molecule has 3 N–H and O–H groups in total. The van der Waals surface area contributed by atoms with Gasteiger partial charge in [0.05, 0.1) is 12.2 Å². The van der Waals surface area contributed by atoms with Crippen LogP contribution in [0.25, 0.3) is 0 Å². The molecule has 1 aromatic heterocycles. The molecule has 0 amide bonds. The molecule has 0 saturated heterocycles. The Balaban J connectivity index is 1.77. The highest BCUT2D eigenvalue weighted by Gasteiger charge is 2.50. The van der Waals surface area contributed by atoms with Gasteiger partial charge in [-0.25, -0.2) is 4.99 Å². The number of aromatic nitrogens is 1. The molecule has 1 saturated carbocycles. The highest BCUT2D eigenvalue weighted by molar-refractivity contribution is 6.04. The van der Waals surface area contributed by atoms with Crippen molar-refractivity contribution in [1.29, 1.82) is 0 Å². The van der Waals surface area contributed by atoms with Gasteiger partial charge in [0, 0.05) is 24.4 Å². The van der Waals surface area contributed by atoms with Crippen LogP contribution in [-0.4, -0.2) is 24.1 Å². The van der Waals surface area contributed by atoms with Gasteiger partial charge in [0.15, 0.2) is 0 Å². The normalized spacial score (nSPS) is 21.7. The molecule has 1 aromatic carbocycles. The van der Waals surface area contributed by atoms with Gasteiger partial charge in [-0.05, 0) is 36.6 Å². The Hall–Kier alpha value is -2.27. The van der Waals surface area contributed by atoms with Crippen LogP contribution in [0, 0.1) is 5.41 Å². The zero-order valence-corrected chi connectivity index (χ0v) is 13.5. The lowest BCUT2D eigenvalue weighted by molar-refractivity contribution is 0.185. The van der Waals surface area contributed by atoms with E-state index < -0.39 is 0 Å². The van der Waals surface area contributed by atoms with Crippen LogP contribution >= 0.6 is 0 Å². The Labute approximate surface area is 136 Å². The molecular weight excluding hydrogens is 288 g/mol. The molecular formula is C18H22N4O. The molecule has 5 nitrogen and oxygen atoms in total. The fraction of sp³-hybridized carbons (Fsp3) is 0.389. The van der Waals surface area contributed by atoms with Crippen molar-refractivity contribution in [2.24, 2.45) is 16.1 Å². The molecule has 1 aliphatic heterocycles. The first-order valence-corrected chi connectivity index (χ1v) is 8.00. The van der Waals surface area contributed by atoms with Gasteiger partial charge in [-0.2, -0.15) is 0 Å². The average Bonchev–Trinajstić information content (AvgIpc) is 3.11. The lowest BCUT2D eigenvalue weighted by Crippen LogP contribution is -2.42. The zero-order valence-electron chi connectivity index (χ0n) is 13.5. The second-order valence-electron chi connectivity index (χ2n) is 6.75. The average molecular weight is 310 g/mol. The molecule has 120 valence electrons. The van der Waals surface area contributed by atoms with Crippen molar-refractivity contribution in [1.82, 2.24) is 4.98 Å². The van der Waals surface area contributed by atoms with E-state index in [1.165, 1.54) is 12.8 Å². The van der Waals surface area contributed by atoms with Crippen LogP contribution in [0.2, 0.25) is 0 Å². The first kappa shape index (κ1) is 14.3. The molecule has 0 spiro atoms. The van der Waals surface area contributed by atoms with Gasteiger partial charge in [0.2, 0.25) is 0 Å². The number of nitrogens with zero attached hydrogens (tertiary/aromatic N) is 2. The van der Waals surface area contributed by atoms with Gasteiger partial charge < -0.3 is 20.4 Å². The van der Waals surface area contributed by atoms with Crippen LogP contribution in [0.1, 0.15) is 30.9 Å². The number of anilines is 2. The quantitative estimate of drug-likeness (QED) is 0.911. The smallest absolute Gasteiger partial charge is 0.134 e. The largest absolute Gasteiger partial charge is 0.383 e. The first-order valence-electron chi connectivity index (χ1n) is 8.00. The summed E-state index contributed by atoms with van der Waals surface area (Å²) in [6.07, 6.45) is 4.34. The third-order valence-corrected chi connectivity index (χ3v) is 4.94. The molecule has 0 radical (unpaired) electrons. The summed E-state index contributed by atoms with van der Waals surface area (Å²) in [6, 6.07) is 10.5. The number of nitrogens with one attached hydrogen (secondary N) is 1. The number of ether oxygens (including phenoxy) is 1. The lowest BCUT2D eigenvalue weighted by Gasteiger charge is -2.37. The summed E-state index contributed by atoms with van der Waals surface area (Å²) in [4.78, 5) is 10.5. The van der Waals surface area contributed by atoms with Gasteiger partial charge in [0.25, 0.3) is 0 Å². The van der Waals surface area contributed by atoms with Crippen LogP contribution in [0.5, 0.6) is 0 Å². The summed E-state index contributed by atoms with van der Waals surface area (Å²) >= 11 is 0.